The Morgan fingerprint density at radius 2 is 1.58 bits per heavy atom. The van der Waals surface area contributed by atoms with Gasteiger partial charge in [0.15, 0.2) is 0 Å². The van der Waals surface area contributed by atoms with Gasteiger partial charge < -0.3 is 5.32 Å². The fraction of sp³-hybridized carbons (Fsp3) is 0.105. The Labute approximate surface area is 152 Å². The highest BCUT2D eigenvalue weighted by atomic mass is 32.2. The fourth-order valence-electron chi connectivity index (χ4n) is 2.32. The first-order valence-electron chi connectivity index (χ1n) is 7.92. The molecule has 2 N–H and O–H groups in total. The van der Waals surface area contributed by atoms with Crippen molar-refractivity contribution in [3.05, 3.63) is 77.7 Å². The molecule has 1 aromatic heterocycles. The molecular weight excluding hydrogens is 353 g/mol. The highest BCUT2D eigenvalue weighted by molar-refractivity contribution is 7.92. The van der Waals surface area contributed by atoms with Crippen molar-refractivity contribution >= 4 is 27.2 Å². The number of anilines is 3. The maximum Gasteiger partial charge on any atom is 0.263 e. The van der Waals surface area contributed by atoms with E-state index in [4.69, 9.17) is 0 Å². The van der Waals surface area contributed by atoms with E-state index in [1.54, 1.807) is 12.1 Å². The van der Waals surface area contributed by atoms with E-state index in [0.29, 0.717) is 0 Å². The number of benzene rings is 2. The third-order valence-corrected chi connectivity index (χ3v) is 5.29. The van der Waals surface area contributed by atoms with E-state index in [2.05, 4.69) is 15.0 Å². The van der Waals surface area contributed by atoms with Crippen molar-refractivity contribution in [1.29, 1.82) is 0 Å². The predicted molar refractivity (Wildman–Crippen MR) is 101 cm³/mol. The van der Waals surface area contributed by atoms with Gasteiger partial charge >= 0.3 is 0 Å². The Balaban J connectivity index is 1.73. The van der Waals surface area contributed by atoms with Gasteiger partial charge in [0.1, 0.15) is 11.6 Å². The number of aromatic nitrogens is 1. The molecule has 0 radical (unpaired) electrons. The minimum Gasteiger partial charge on any atom is -0.354 e. The largest absolute Gasteiger partial charge is 0.354 e. The van der Waals surface area contributed by atoms with Gasteiger partial charge in [-0.15, -0.1) is 0 Å². The van der Waals surface area contributed by atoms with Crippen molar-refractivity contribution in [2.75, 3.05) is 10.0 Å². The Hall–Kier alpha value is -2.93. The highest BCUT2D eigenvalue weighted by Gasteiger charge is 2.14. The van der Waals surface area contributed by atoms with Gasteiger partial charge in [-0.1, -0.05) is 6.07 Å². The summed E-state index contributed by atoms with van der Waals surface area (Å²) in [6.45, 7) is 4.08. The third-order valence-electron chi connectivity index (χ3n) is 3.92. The number of nitrogens with one attached hydrogen (secondary N) is 2. The van der Waals surface area contributed by atoms with Crippen LogP contribution in [0, 0.1) is 19.7 Å². The average Bonchev–Trinajstić information content (AvgIpc) is 2.60. The molecule has 134 valence electrons. The normalized spacial score (nSPS) is 11.2. The second kappa shape index (κ2) is 7.13. The van der Waals surface area contributed by atoms with Crippen molar-refractivity contribution in [1.82, 2.24) is 4.98 Å². The SMILES string of the molecule is Cc1ccc(Nc2ccc(NS(=O)(=O)c3ccc(F)cc3)nc2)cc1C. The molecule has 0 spiro atoms. The second-order valence-corrected chi connectivity index (χ2v) is 7.60. The van der Waals surface area contributed by atoms with Crippen LogP contribution in [0.25, 0.3) is 0 Å². The lowest BCUT2D eigenvalue weighted by atomic mass is 10.1. The summed E-state index contributed by atoms with van der Waals surface area (Å²) >= 11 is 0. The number of sulfonamides is 1. The molecule has 5 nitrogen and oxygen atoms in total. The second-order valence-electron chi connectivity index (χ2n) is 5.92. The van der Waals surface area contributed by atoms with E-state index in [-0.39, 0.29) is 10.7 Å². The molecule has 0 amide bonds. The lowest BCUT2D eigenvalue weighted by Gasteiger charge is -2.10. The van der Waals surface area contributed by atoms with Gasteiger partial charge in [-0.3, -0.25) is 4.72 Å². The van der Waals surface area contributed by atoms with E-state index in [0.717, 1.165) is 23.5 Å². The van der Waals surface area contributed by atoms with Gasteiger partial charge in [0, 0.05) is 5.69 Å². The first-order valence-corrected chi connectivity index (χ1v) is 9.40. The number of rotatable bonds is 5. The number of nitrogens with zero attached hydrogens (tertiary/aromatic N) is 1. The van der Waals surface area contributed by atoms with Crippen molar-refractivity contribution in [2.24, 2.45) is 0 Å². The molecule has 3 rings (SSSR count). The van der Waals surface area contributed by atoms with Crippen LogP contribution < -0.4 is 10.0 Å². The smallest absolute Gasteiger partial charge is 0.263 e. The molecule has 0 fully saturated rings. The first-order chi connectivity index (χ1) is 12.3. The van der Waals surface area contributed by atoms with Crippen LogP contribution in [-0.4, -0.2) is 13.4 Å². The lowest BCUT2D eigenvalue weighted by molar-refractivity contribution is 0.599. The Bertz CT molecular complexity index is 1020. The van der Waals surface area contributed by atoms with E-state index in [1.165, 1.54) is 29.5 Å². The molecular formula is C19H18FN3O2S. The summed E-state index contributed by atoms with van der Waals surface area (Å²) in [6, 6.07) is 13.9. The van der Waals surface area contributed by atoms with E-state index >= 15 is 0 Å². The molecule has 0 saturated carbocycles. The van der Waals surface area contributed by atoms with Crippen LogP contribution in [-0.2, 0) is 10.0 Å². The van der Waals surface area contributed by atoms with Crippen molar-refractivity contribution in [2.45, 2.75) is 18.7 Å². The lowest BCUT2D eigenvalue weighted by Crippen LogP contribution is -2.13. The molecule has 26 heavy (non-hydrogen) atoms. The molecule has 0 atom stereocenters. The Morgan fingerprint density at radius 3 is 2.19 bits per heavy atom. The summed E-state index contributed by atoms with van der Waals surface area (Å²) in [5.41, 5.74) is 4.04. The van der Waals surface area contributed by atoms with Crippen LogP contribution >= 0.6 is 0 Å². The zero-order chi connectivity index (χ0) is 18.7. The van der Waals surface area contributed by atoms with Gasteiger partial charge in [-0.05, 0) is 73.5 Å². The summed E-state index contributed by atoms with van der Waals surface area (Å²) in [4.78, 5) is 4.09. The molecule has 0 bridgehead atoms. The Kier molecular flexibility index (Phi) is 4.90. The van der Waals surface area contributed by atoms with Gasteiger partial charge in [-0.2, -0.15) is 0 Å². The molecule has 0 aliphatic heterocycles. The molecule has 2 aromatic carbocycles. The summed E-state index contributed by atoms with van der Waals surface area (Å²) in [7, 11) is -3.81. The first kappa shape index (κ1) is 17.9. The number of halogens is 1. The van der Waals surface area contributed by atoms with Crippen LogP contribution in [0.2, 0.25) is 0 Å². The number of pyridine rings is 1. The van der Waals surface area contributed by atoms with Gasteiger partial charge in [0.25, 0.3) is 10.0 Å². The summed E-state index contributed by atoms with van der Waals surface area (Å²) in [5, 5.41) is 3.22. The van der Waals surface area contributed by atoms with Gasteiger partial charge in [0.2, 0.25) is 0 Å². The maximum absolute atomic E-state index is 12.9. The predicted octanol–water partition coefficient (Wildman–Crippen LogP) is 4.38. The highest BCUT2D eigenvalue weighted by Crippen LogP contribution is 2.21. The number of hydrogen-bond donors (Lipinski definition) is 2. The standard InChI is InChI=1S/C19H18FN3O2S/c1-13-3-6-16(11-14(13)2)22-17-7-10-19(21-12-17)23-26(24,25)18-8-4-15(20)5-9-18/h3-12,22H,1-2H3,(H,21,23). The van der Waals surface area contributed by atoms with E-state index in [9.17, 15) is 12.8 Å². The Morgan fingerprint density at radius 1 is 0.885 bits per heavy atom. The van der Waals surface area contributed by atoms with Crippen molar-refractivity contribution in [3.63, 3.8) is 0 Å². The van der Waals surface area contributed by atoms with Gasteiger partial charge in [0.05, 0.1) is 16.8 Å². The minimum absolute atomic E-state index is 0.0296. The van der Waals surface area contributed by atoms with Crippen molar-refractivity contribution in [3.8, 4) is 0 Å². The average molecular weight is 371 g/mol. The molecule has 1 heterocycles. The molecule has 0 saturated heterocycles. The number of aryl methyl sites for hydroxylation is 2. The third kappa shape index (κ3) is 4.18. The topological polar surface area (TPSA) is 71.1 Å². The van der Waals surface area contributed by atoms with E-state index in [1.807, 2.05) is 32.0 Å². The fourth-order valence-corrected chi connectivity index (χ4v) is 3.33. The van der Waals surface area contributed by atoms with Crippen LogP contribution in [0.5, 0.6) is 0 Å². The zero-order valence-corrected chi connectivity index (χ0v) is 15.1. The van der Waals surface area contributed by atoms with Crippen LogP contribution in [0.15, 0.2) is 65.7 Å². The summed E-state index contributed by atoms with van der Waals surface area (Å²) < 4.78 is 39.8. The molecule has 7 heteroatoms. The van der Waals surface area contributed by atoms with E-state index < -0.39 is 15.8 Å². The van der Waals surface area contributed by atoms with Crippen LogP contribution in [0.4, 0.5) is 21.6 Å². The van der Waals surface area contributed by atoms with Crippen molar-refractivity contribution < 1.29 is 12.8 Å². The van der Waals surface area contributed by atoms with Crippen LogP contribution in [0.3, 0.4) is 0 Å². The number of hydrogen-bond acceptors (Lipinski definition) is 4. The molecule has 0 unspecified atom stereocenters. The monoisotopic (exact) mass is 371 g/mol. The van der Waals surface area contributed by atoms with Gasteiger partial charge in [-0.25, -0.2) is 17.8 Å². The molecule has 3 aromatic rings. The summed E-state index contributed by atoms with van der Waals surface area (Å²) in [6.07, 6.45) is 1.54. The molecule has 0 aliphatic carbocycles. The molecule has 0 aliphatic rings. The summed E-state index contributed by atoms with van der Waals surface area (Å²) in [5.74, 6) is -0.316. The minimum atomic E-state index is -3.81. The maximum atomic E-state index is 12.9. The quantitative estimate of drug-likeness (QED) is 0.698. The zero-order valence-electron chi connectivity index (χ0n) is 14.3. The van der Waals surface area contributed by atoms with Crippen LogP contribution in [0.1, 0.15) is 11.1 Å².